The number of piperazine rings is 1. The number of aromatic nitrogens is 2. The number of carbonyl (C=O) groups is 1. The molecule has 0 spiro atoms. The molecule has 3 aromatic rings. The molecular weight excluding hydrogens is 378 g/mol. The lowest BCUT2D eigenvalue weighted by molar-refractivity contribution is 0.0717. The summed E-state index contributed by atoms with van der Waals surface area (Å²) in [5.41, 5.74) is 0.748. The summed E-state index contributed by atoms with van der Waals surface area (Å²) in [6.45, 7) is 7.18. The summed E-state index contributed by atoms with van der Waals surface area (Å²) in [6, 6.07) is 13.7. The van der Waals surface area contributed by atoms with Gasteiger partial charge in [-0.2, -0.15) is 0 Å². The second kappa shape index (κ2) is 7.97. The van der Waals surface area contributed by atoms with Crippen molar-refractivity contribution in [1.29, 1.82) is 0 Å². The number of rotatable bonds is 3. The maximum atomic E-state index is 12.8. The van der Waals surface area contributed by atoms with Crippen molar-refractivity contribution in [2.45, 2.75) is 19.8 Å². The highest BCUT2D eigenvalue weighted by Gasteiger charge is 2.25. The second-order valence-corrected chi connectivity index (χ2v) is 8.35. The van der Waals surface area contributed by atoms with Gasteiger partial charge in [-0.3, -0.25) is 4.79 Å². The fourth-order valence-electron chi connectivity index (χ4n) is 4.27. The molecule has 4 heterocycles. The van der Waals surface area contributed by atoms with Gasteiger partial charge < -0.3 is 19.1 Å². The molecule has 30 heavy (non-hydrogen) atoms. The fourth-order valence-corrected chi connectivity index (χ4v) is 4.27. The first kappa shape index (κ1) is 18.9. The highest BCUT2D eigenvalue weighted by molar-refractivity contribution is 5.96. The number of piperidine rings is 1. The molecule has 0 unspecified atom stereocenters. The minimum Gasteiger partial charge on any atom is -0.451 e. The predicted octanol–water partition coefficient (Wildman–Crippen LogP) is 3.42. The Morgan fingerprint density at radius 3 is 2.17 bits per heavy atom. The highest BCUT2D eigenvalue weighted by atomic mass is 16.3. The molecule has 0 aliphatic carbocycles. The SMILES string of the molecule is CC1CCN(c2ccc(N3CCN(C(=O)c4cc5ccccc5o4)CC3)nn2)CC1. The molecule has 2 fully saturated rings. The van der Waals surface area contributed by atoms with E-state index in [1.54, 1.807) is 0 Å². The average molecular weight is 406 g/mol. The Bertz CT molecular complexity index is 983. The number of nitrogens with zero attached hydrogens (tertiary/aromatic N) is 5. The summed E-state index contributed by atoms with van der Waals surface area (Å²) in [5.74, 6) is 2.99. The zero-order chi connectivity index (χ0) is 20.5. The van der Waals surface area contributed by atoms with Gasteiger partial charge in [0.1, 0.15) is 5.58 Å². The number of anilines is 2. The standard InChI is InChI=1S/C23H27N5O2/c1-17-8-10-26(11-9-17)21-6-7-22(25-24-21)27-12-14-28(15-13-27)23(29)20-16-18-4-2-3-5-19(18)30-20/h2-7,16-17H,8-15H2,1H3. The zero-order valence-corrected chi connectivity index (χ0v) is 17.3. The molecule has 156 valence electrons. The van der Waals surface area contributed by atoms with Gasteiger partial charge in [-0.25, -0.2) is 0 Å². The van der Waals surface area contributed by atoms with Crippen LogP contribution in [-0.4, -0.2) is 60.3 Å². The third-order valence-electron chi connectivity index (χ3n) is 6.27. The summed E-state index contributed by atoms with van der Waals surface area (Å²) >= 11 is 0. The maximum Gasteiger partial charge on any atom is 0.289 e. The van der Waals surface area contributed by atoms with E-state index in [4.69, 9.17) is 4.42 Å². The van der Waals surface area contributed by atoms with Gasteiger partial charge in [-0.15, -0.1) is 10.2 Å². The maximum absolute atomic E-state index is 12.8. The van der Waals surface area contributed by atoms with Crippen molar-refractivity contribution in [2.75, 3.05) is 49.1 Å². The Hall–Kier alpha value is -3.09. The lowest BCUT2D eigenvalue weighted by Gasteiger charge is -2.35. The topological polar surface area (TPSA) is 65.7 Å². The van der Waals surface area contributed by atoms with Crippen molar-refractivity contribution in [2.24, 2.45) is 5.92 Å². The van der Waals surface area contributed by atoms with E-state index >= 15 is 0 Å². The quantitative estimate of drug-likeness (QED) is 0.665. The molecular formula is C23H27N5O2. The molecule has 0 bridgehead atoms. The van der Waals surface area contributed by atoms with E-state index in [1.807, 2.05) is 35.2 Å². The Morgan fingerprint density at radius 1 is 0.900 bits per heavy atom. The van der Waals surface area contributed by atoms with Gasteiger partial charge in [0.25, 0.3) is 5.91 Å². The Balaban J connectivity index is 1.20. The van der Waals surface area contributed by atoms with Gasteiger partial charge in [0.05, 0.1) is 0 Å². The molecule has 2 aliphatic heterocycles. The van der Waals surface area contributed by atoms with Crippen LogP contribution in [0, 0.1) is 5.92 Å². The first-order valence-electron chi connectivity index (χ1n) is 10.8. The van der Waals surface area contributed by atoms with Crippen LogP contribution >= 0.6 is 0 Å². The monoisotopic (exact) mass is 405 g/mol. The normalized spacial score (nSPS) is 18.2. The first-order chi connectivity index (χ1) is 14.7. The third kappa shape index (κ3) is 3.72. The van der Waals surface area contributed by atoms with E-state index in [-0.39, 0.29) is 5.91 Å². The summed E-state index contributed by atoms with van der Waals surface area (Å²) in [6.07, 6.45) is 2.43. The third-order valence-corrected chi connectivity index (χ3v) is 6.27. The van der Waals surface area contributed by atoms with Crippen molar-refractivity contribution < 1.29 is 9.21 Å². The molecule has 0 radical (unpaired) electrons. The average Bonchev–Trinajstić information content (AvgIpc) is 3.24. The number of amides is 1. The van der Waals surface area contributed by atoms with E-state index in [9.17, 15) is 4.79 Å². The van der Waals surface area contributed by atoms with Crippen molar-refractivity contribution in [3.8, 4) is 0 Å². The number of carbonyl (C=O) groups excluding carboxylic acids is 1. The molecule has 2 aromatic heterocycles. The van der Waals surface area contributed by atoms with Crippen LogP contribution in [0.15, 0.2) is 46.9 Å². The van der Waals surface area contributed by atoms with Crippen LogP contribution in [0.5, 0.6) is 0 Å². The Morgan fingerprint density at radius 2 is 1.53 bits per heavy atom. The van der Waals surface area contributed by atoms with Crippen LogP contribution in [0.1, 0.15) is 30.3 Å². The second-order valence-electron chi connectivity index (χ2n) is 8.35. The number of hydrogen-bond acceptors (Lipinski definition) is 6. The van der Waals surface area contributed by atoms with Gasteiger partial charge >= 0.3 is 0 Å². The molecule has 0 saturated carbocycles. The zero-order valence-electron chi connectivity index (χ0n) is 17.3. The minimum atomic E-state index is -0.0494. The minimum absolute atomic E-state index is 0.0494. The van der Waals surface area contributed by atoms with E-state index in [1.165, 1.54) is 12.8 Å². The smallest absolute Gasteiger partial charge is 0.289 e. The summed E-state index contributed by atoms with van der Waals surface area (Å²) in [5, 5.41) is 9.89. The van der Waals surface area contributed by atoms with E-state index in [0.717, 1.165) is 54.7 Å². The summed E-state index contributed by atoms with van der Waals surface area (Å²) in [7, 11) is 0. The van der Waals surface area contributed by atoms with Crippen LogP contribution in [-0.2, 0) is 0 Å². The molecule has 2 aliphatic rings. The van der Waals surface area contributed by atoms with Gasteiger partial charge in [0.15, 0.2) is 17.4 Å². The number of benzene rings is 1. The van der Waals surface area contributed by atoms with Crippen molar-refractivity contribution in [1.82, 2.24) is 15.1 Å². The molecule has 1 aromatic carbocycles. The van der Waals surface area contributed by atoms with Gasteiger partial charge in [0, 0.05) is 44.7 Å². The molecule has 7 nitrogen and oxygen atoms in total. The Kier molecular flexibility index (Phi) is 5.02. The van der Waals surface area contributed by atoms with Crippen LogP contribution in [0.2, 0.25) is 0 Å². The van der Waals surface area contributed by atoms with Gasteiger partial charge in [-0.05, 0) is 43.0 Å². The molecule has 5 rings (SSSR count). The van der Waals surface area contributed by atoms with E-state index in [0.29, 0.717) is 18.8 Å². The lowest BCUT2D eigenvalue weighted by Crippen LogP contribution is -2.49. The van der Waals surface area contributed by atoms with Crippen LogP contribution in [0.4, 0.5) is 11.6 Å². The lowest BCUT2D eigenvalue weighted by atomic mass is 9.99. The fraction of sp³-hybridized carbons (Fsp3) is 0.435. The Labute approximate surface area is 176 Å². The van der Waals surface area contributed by atoms with E-state index < -0.39 is 0 Å². The van der Waals surface area contributed by atoms with Gasteiger partial charge in [-0.1, -0.05) is 25.1 Å². The number of hydrogen-bond donors (Lipinski definition) is 0. The molecule has 2 saturated heterocycles. The van der Waals surface area contributed by atoms with Crippen molar-refractivity contribution in [3.63, 3.8) is 0 Å². The predicted molar refractivity (Wildman–Crippen MR) is 117 cm³/mol. The number of para-hydroxylation sites is 1. The van der Waals surface area contributed by atoms with Crippen molar-refractivity contribution >= 4 is 28.5 Å². The number of fused-ring (bicyclic) bond motifs is 1. The number of furan rings is 1. The van der Waals surface area contributed by atoms with E-state index in [2.05, 4.69) is 39.1 Å². The molecule has 0 N–H and O–H groups in total. The van der Waals surface area contributed by atoms with Crippen LogP contribution < -0.4 is 9.80 Å². The van der Waals surface area contributed by atoms with Gasteiger partial charge in [0.2, 0.25) is 0 Å². The molecule has 1 amide bonds. The summed E-state index contributed by atoms with van der Waals surface area (Å²) < 4.78 is 5.74. The van der Waals surface area contributed by atoms with Crippen LogP contribution in [0.25, 0.3) is 11.0 Å². The highest BCUT2D eigenvalue weighted by Crippen LogP contribution is 2.23. The van der Waals surface area contributed by atoms with Crippen LogP contribution in [0.3, 0.4) is 0 Å². The molecule has 7 heteroatoms. The largest absolute Gasteiger partial charge is 0.451 e. The summed E-state index contributed by atoms with van der Waals surface area (Å²) in [4.78, 5) is 19.2. The first-order valence-corrected chi connectivity index (χ1v) is 10.8. The molecule has 0 atom stereocenters. The van der Waals surface area contributed by atoms with Crippen molar-refractivity contribution in [3.05, 3.63) is 48.2 Å².